The quantitative estimate of drug-likeness (QED) is 0.390. The van der Waals surface area contributed by atoms with E-state index in [9.17, 15) is 4.79 Å². The summed E-state index contributed by atoms with van der Waals surface area (Å²) < 4.78 is 4.15. The summed E-state index contributed by atoms with van der Waals surface area (Å²) in [7, 11) is 0. The van der Waals surface area contributed by atoms with Gasteiger partial charge >= 0.3 is 0 Å². The van der Waals surface area contributed by atoms with Gasteiger partial charge in [-0.05, 0) is 55.3 Å². The van der Waals surface area contributed by atoms with E-state index in [1.807, 2.05) is 24.3 Å². The van der Waals surface area contributed by atoms with Crippen molar-refractivity contribution in [3.63, 3.8) is 0 Å². The van der Waals surface area contributed by atoms with E-state index in [0.717, 1.165) is 38.7 Å². The molecule has 1 aromatic heterocycles. The molecule has 140 valence electrons. The summed E-state index contributed by atoms with van der Waals surface area (Å²) in [5.74, 6) is -0.212. The number of thiazole rings is 1. The van der Waals surface area contributed by atoms with Crippen LogP contribution in [0.1, 0.15) is 35.5 Å². The van der Waals surface area contributed by atoms with Crippen LogP contribution in [0.15, 0.2) is 62.5 Å². The second kappa shape index (κ2) is 9.13. The summed E-state index contributed by atoms with van der Waals surface area (Å²) in [6.45, 7) is 5.02. The van der Waals surface area contributed by atoms with Gasteiger partial charge in [0.25, 0.3) is 5.91 Å². The van der Waals surface area contributed by atoms with Crippen molar-refractivity contribution >= 4 is 49.1 Å². The zero-order chi connectivity index (χ0) is 19.4. The van der Waals surface area contributed by atoms with E-state index >= 15 is 0 Å². The Morgan fingerprint density at radius 1 is 1.00 bits per heavy atom. The number of benzene rings is 2. The first-order valence-corrected chi connectivity index (χ1v) is 11.3. The molecule has 3 aromatic rings. The molecule has 6 heteroatoms. The highest BCUT2D eigenvalue weighted by Crippen LogP contribution is 2.28. The number of aromatic nitrogens is 1. The molecule has 2 aromatic carbocycles. The molecule has 27 heavy (non-hydrogen) atoms. The molecule has 0 bridgehead atoms. The van der Waals surface area contributed by atoms with Crippen LogP contribution in [0.4, 0.5) is 0 Å². The van der Waals surface area contributed by atoms with Crippen molar-refractivity contribution in [3.05, 3.63) is 72.7 Å². The molecule has 0 saturated heterocycles. The van der Waals surface area contributed by atoms with Gasteiger partial charge in [0.15, 0.2) is 4.80 Å². The Hall–Kier alpha value is -1.50. The van der Waals surface area contributed by atoms with Crippen LogP contribution >= 0.6 is 43.2 Å². The SMILES string of the molecule is CCCc1sc(=NC(=O)c2ccc(Br)cc2)n(CC)c1-c1ccc(Br)cc1. The van der Waals surface area contributed by atoms with E-state index in [1.54, 1.807) is 23.5 Å². The summed E-state index contributed by atoms with van der Waals surface area (Å²) in [5, 5.41) is 0. The first-order valence-electron chi connectivity index (χ1n) is 8.86. The maximum Gasteiger partial charge on any atom is 0.279 e. The average Bonchev–Trinajstić information content (AvgIpc) is 3.00. The summed E-state index contributed by atoms with van der Waals surface area (Å²) in [5.41, 5.74) is 2.91. The molecular formula is C21H20Br2N2OS. The van der Waals surface area contributed by atoms with Crippen molar-refractivity contribution in [2.45, 2.75) is 33.2 Å². The van der Waals surface area contributed by atoms with E-state index in [1.165, 1.54) is 10.6 Å². The predicted octanol–water partition coefficient (Wildman–Crippen LogP) is 6.46. The van der Waals surface area contributed by atoms with Crippen molar-refractivity contribution in [1.82, 2.24) is 4.57 Å². The molecule has 3 rings (SSSR count). The number of carbonyl (C=O) groups is 1. The summed E-state index contributed by atoms with van der Waals surface area (Å²) >= 11 is 8.51. The lowest BCUT2D eigenvalue weighted by Crippen LogP contribution is -2.17. The van der Waals surface area contributed by atoms with Crippen LogP contribution in [-0.2, 0) is 13.0 Å². The predicted molar refractivity (Wildman–Crippen MR) is 119 cm³/mol. The maximum absolute atomic E-state index is 12.7. The molecule has 0 aliphatic carbocycles. The third kappa shape index (κ3) is 4.68. The standard InChI is InChI=1S/C21H20Br2N2OS/c1-3-5-18-19(14-6-10-16(22)11-7-14)25(4-2)21(27-18)24-20(26)15-8-12-17(23)13-9-15/h6-13H,3-5H2,1-2H3. The molecule has 1 amide bonds. The van der Waals surface area contributed by atoms with Gasteiger partial charge < -0.3 is 4.57 Å². The van der Waals surface area contributed by atoms with Gasteiger partial charge in [-0.3, -0.25) is 4.79 Å². The molecule has 0 spiro atoms. The summed E-state index contributed by atoms with van der Waals surface area (Å²) in [6.07, 6.45) is 2.02. The molecule has 0 N–H and O–H groups in total. The second-order valence-electron chi connectivity index (χ2n) is 6.08. The summed E-state index contributed by atoms with van der Waals surface area (Å²) in [6, 6.07) is 15.6. The van der Waals surface area contributed by atoms with Gasteiger partial charge in [0, 0.05) is 25.9 Å². The number of carbonyl (C=O) groups excluding carboxylic acids is 1. The molecular weight excluding hydrogens is 488 g/mol. The Morgan fingerprint density at radius 2 is 1.59 bits per heavy atom. The van der Waals surface area contributed by atoms with Crippen LogP contribution in [0.25, 0.3) is 11.3 Å². The lowest BCUT2D eigenvalue weighted by Gasteiger charge is -2.09. The molecule has 3 nitrogen and oxygen atoms in total. The van der Waals surface area contributed by atoms with Crippen molar-refractivity contribution in [2.24, 2.45) is 4.99 Å². The van der Waals surface area contributed by atoms with Crippen molar-refractivity contribution in [1.29, 1.82) is 0 Å². The highest BCUT2D eigenvalue weighted by molar-refractivity contribution is 9.10. The molecule has 0 aliphatic rings. The Morgan fingerprint density at radius 3 is 2.15 bits per heavy atom. The van der Waals surface area contributed by atoms with Crippen LogP contribution in [0, 0.1) is 0 Å². The zero-order valence-electron chi connectivity index (χ0n) is 15.2. The minimum absolute atomic E-state index is 0.212. The lowest BCUT2D eigenvalue weighted by atomic mass is 10.1. The van der Waals surface area contributed by atoms with Gasteiger partial charge in [-0.15, -0.1) is 11.3 Å². The largest absolute Gasteiger partial charge is 0.316 e. The van der Waals surface area contributed by atoms with Crippen LogP contribution < -0.4 is 4.80 Å². The van der Waals surface area contributed by atoms with Gasteiger partial charge in [0.05, 0.1) is 5.69 Å². The number of amides is 1. The molecule has 0 atom stereocenters. The van der Waals surface area contributed by atoms with Crippen molar-refractivity contribution in [2.75, 3.05) is 0 Å². The minimum atomic E-state index is -0.212. The third-order valence-corrected chi connectivity index (χ3v) is 6.37. The van der Waals surface area contributed by atoms with Crippen LogP contribution in [0.5, 0.6) is 0 Å². The van der Waals surface area contributed by atoms with E-state index in [0.29, 0.717) is 5.56 Å². The molecule has 0 unspecified atom stereocenters. The smallest absolute Gasteiger partial charge is 0.279 e. The van der Waals surface area contributed by atoms with E-state index in [2.05, 4.69) is 67.4 Å². The molecule has 0 fully saturated rings. The minimum Gasteiger partial charge on any atom is -0.316 e. The number of nitrogens with zero attached hydrogens (tertiary/aromatic N) is 2. The number of halogens is 2. The van der Waals surface area contributed by atoms with Crippen molar-refractivity contribution in [3.8, 4) is 11.3 Å². The topological polar surface area (TPSA) is 34.4 Å². The van der Waals surface area contributed by atoms with Gasteiger partial charge in [-0.1, -0.05) is 57.3 Å². The first-order chi connectivity index (χ1) is 13.0. The molecule has 0 aliphatic heterocycles. The second-order valence-corrected chi connectivity index (χ2v) is 8.97. The monoisotopic (exact) mass is 506 g/mol. The highest BCUT2D eigenvalue weighted by atomic mass is 79.9. The van der Waals surface area contributed by atoms with Gasteiger partial charge in [-0.2, -0.15) is 4.99 Å². The Balaban J connectivity index is 2.13. The molecule has 0 saturated carbocycles. The number of rotatable bonds is 5. The number of hydrogen-bond donors (Lipinski definition) is 0. The number of hydrogen-bond acceptors (Lipinski definition) is 2. The fourth-order valence-corrected chi connectivity index (χ4v) is 4.74. The summed E-state index contributed by atoms with van der Waals surface area (Å²) in [4.78, 5) is 19.1. The van der Waals surface area contributed by atoms with Crippen LogP contribution in [0.3, 0.4) is 0 Å². The Bertz CT molecular complexity index is 1000. The highest BCUT2D eigenvalue weighted by Gasteiger charge is 2.15. The van der Waals surface area contributed by atoms with E-state index < -0.39 is 0 Å². The third-order valence-electron chi connectivity index (χ3n) is 4.18. The van der Waals surface area contributed by atoms with Gasteiger partial charge in [0.2, 0.25) is 0 Å². The lowest BCUT2D eigenvalue weighted by molar-refractivity contribution is 0.0998. The number of aryl methyl sites for hydroxylation is 1. The fraction of sp³-hybridized carbons (Fsp3) is 0.238. The zero-order valence-corrected chi connectivity index (χ0v) is 19.2. The molecule has 0 radical (unpaired) electrons. The first kappa shape index (κ1) is 20.2. The average molecular weight is 508 g/mol. The van der Waals surface area contributed by atoms with E-state index in [-0.39, 0.29) is 5.91 Å². The normalized spacial score (nSPS) is 11.8. The van der Waals surface area contributed by atoms with Gasteiger partial charge in [-0.25, -0.2) is 0 Å². The van der Waals surface area contributed by atoms with Crippen LogP contribution in [0.2, 0.25) is 0 Å². The van der Waals surface area contributed by atoms with Crippen molar-refractivity contribution < 1.29 is 4.79 Å². The fourth-order valence-electron chi connectivity index (χ4n) is 2.90. The van der Waals surface area contributed by atoms with Gasteiger partial charge in [0.1, 0.15) is 0 Å². The Kier molecular flexibility index (Phi) is 6.84. The maximum atomic E-state index is 12.7. The van der Waals surface area contributed by atoms with Crippen LogP contribution in [-0.4, -0.2) is 10.5 Å². The molecule has 1 heterocycles. The van der Waals surface area contributed by atoms with E-state index in [4.69, 9.17) is 0 Å². The Labute approximate surface area is 180 Å².